The van der Waals surface area contributed by atoms with Crippen LogP contribution in [-0.2, 0) is 0 Å². The van der Waals surface area contributed by atoms with Crippen molar-refractivity contribution in [3.05, 3.63) is 53.5 Å². The van der Waals surface area contributed by atoms with Crippen molar-refractivity contribution in [3.8, 4) is 22.6 Å². The SMILES string of the molecule is COc1ccccc1-c1c(C(N)=O)sc2cnc(Nc3ccc(N4CCN(C)C(CCO)C4)cc3OC(C)C)nc12. The lowest BCUT2D eigenvalue weighted by Crippen LogP contribution is -2.51. The van der Waals surface area contributed by atoms with Gasteiger partial charge in [0, 0.05) is 55.2 Å². The van der Waals surface area contributed by atoms with Gasteiger partial charge in [0.2, 0.25) is 5.95 Å². The Balaban J connectivity index is 1.51. The monoisotopic (exact) mass is 576 g/mol. The number of aromatic nitrogens is 2. The highest BCUT2D eigenvalue weighted by atomic mass is 32.1. The van der Waals surface area contributed by atoms with E-state index >= 15 is 0 Å². The fourth-order valence-electron chi connectivity index (χ4n) is 5.15. The van der Waals surface area contributed by atoms with Gasteiger partial charge in [0.25, 0.3) is 5.91 Å². The van der Waals surface area contributed by atoms with E-state index in [1.165, 1.54) is 11.3 Å². The minimum absolute atomic E-state index is 0.0454. The van der Waals surface area contributed by atoms with Gasteiger partial charge >= 0.3 is 0 Å². The Kier molecular flexibility index (Phi) is 8.57. The molecule has 1 amide bonds. The molecule has 1 unspecified atom stereocenters. The number of amides is 1. The first-order valence-electron chi connectivity index (χ1n) is 13.7. The molecule has 1 atom stereocenters. The Bertz CT molecular complexity index is 1540. The smallest absolute Gasteiger partial charge is 0.259 e. The second-order valence-corrected chi connectivity index (χ2v) is 11.4. The summed E-state index contributed by atoms with van der Waals surface area (Å²) in [5.74, 6) is 1.14. The molecule has 0 bridgehead atoms. The summed E-state index contributed by atoms with van der Waals surface area (Å²) in [5.41, 5.74) is 9.53. The van der Waals surface area contributed by atoms with Gasteiger partial charge in [-0.25, -0.2) is 9.97 Å². The van der Waals surface area contributed by atoms with Gasteiger partial charge in [-0.05, 0) is 45.5 Å². The third kappa shape index (κ3) is 6.07. The number of thiophene rings is 1. The minimum atomic E-state index is -0.531. The maximum Gasteiger partial charge on any atom is 0.259 e. The third-order valence-corrected chi connectivity index (χ3v) is 8.34. The summed E-state index contributed by atoms with van der Waals surface area (Å²) in [6.45, 7) is 6.78. The number of hydrogen-bond acceptors (Lipinski definition) is 10. The summed E-state index contributed by atoms with van der Waals surface area (Å²) in [4.78, 5) is 26.8. The molecule has 216 valence electrons. The van der Waals surface area contributed by atoms with Gasteiger partial charge < -0.3 is 30.5 Å². The summed E-state index contributed by atoms with van der Waals surface area (Å²) in [6.07, 6.45) is 2.39. The average molecular weight is 577 g/mol. The van der Waals surface area contributed by atoms with Crippen LogP contribution < -0.4 is 25.4 Å². The number of fused-ring (bicyclic) bond motifs is 1. The van der Waals surface area contributed by atoms with Crippen LogP contribution >= 0.6 is 11.3 Å². The van der Waals surface area contributed by atoms with Crippen LogP contribution in [0.1, 0.15) is 29.9 Å². The Morgan fingerprint density at radius 1 is 1.22 bits per heavy atom. The van der Waals surface area contributed by atoms with E-state index in [-0.39, 0.29) is 18.8 Å². The van der Waals surface area contributed by atoms with Crippen molar-refractivity contribution in [2.24, 2.45) is 5.73 Å². The largest absolute Gasteiger partial charge is 0.496 e. The van der Waals surface area contributed by atoms with E-state index < -0.39 is 5.91 Å². The molecule has 1 fully saturated rings. The van der Waals surface area contributed by atoms with Crippen LogP contribution in [0.25, 0.3) is 21.3 Å². The number of piperazine rings is 1. The van der Waals surface area contributed by atoms with Gasteiger partial charge in [-0.2, -0.15) is 0 Å². The highest BCUT2D eigenvalue weighted by molar-refractivity contribution is 7.21. The van der Waals surface area contributed by atoms with E-state index in [0.717, 1.165) is 47.7 Å². The van der Waals surface area contributed by atoms with E-state index in [4.69, 9.17) is 20.2 Å². The van der Waals surface area contributed by atoms with Crippen LogP contribution in [0.15, 0.2) is 48.7 Å². The minimum Gasteiger partial charge on any atom is -0.496 e. The number of hydrogen-bond donors (Lipinski definition) is 3. The summed E-state index contributed by atoms with van der Waals surface area (Å²) >= 11 is 1.26. The first kappa shape index (κ1) is 28.6. The van der Waals surface area contributed by atoms with Crippen LogP contribution in [0.3, 0.4) is 0 Å². The van der Waals surface area contributed by atoms with E-state index in [9.17, 15) is 9.90 Å². The predicted octanol–water partition coefficient (Wildman–Crippen LogP) is 4.50. The molecule has 1 saturated heterocycles. The number of rotatable bonds is 10. The third-order valence-electron chi connectivity index (χ3n) is 7.21. The van der Waals surface area contributed by atoms with Gasteiger partial charge in [-0.1, -0.05) is 18.2 Å². The zero-order valence-electron chi connectivity index (χ0n) is 23.8. The lowest BCUT2D eigenvalue weighted by molar-refractivity contribution is 0.100. The molecule has 2 aromatic heterocycles. The van der Waals surface area contributed by atoms with Crippen LogP contribution in [0.5, 0.6) is 11.5 Å². The number of aliphatic hydroxyl groups is 1. The van der Waals surface area contributed by atoms with Crippen molar-refractivity contribution in [1.29, 1.82) is 0 Å². The summed E-state index contributed by atoms with van der Waals surface area (Å²) in [6, 6.07) is 13.8. The van der Waals surface area contributed by atoms with Crippen LogP contribution in [-0.4, -0.2) is 78.4 Å². The lowest BCUT2D eigenvalue weighted by Gasteiger charge is -2.40. The molecule has 0 radical (unpaired) electrons. The Labute approximate surface area is 243 Å². The highest BCUT2D eigenvalue weighted by Crippen LogP contribution is 2.42. The number of nitrogens with one attached hydrogen (secondary N) is 1. The Morgan fingerprint density at radius 3 is 2.76 bits per heavy atom. The van der Waals surface area contributed by atoms with Gasteiger partial charge in [0.1, 0.15) is 16.4 Å². The molecular formula is C30H36N6O4S. The summed E-state index contributed by atoms with van der Waals surface area (Å²) < 4.78 is 12.5. The number of carbonyl (C=O) groups is 1. The highest BCUT2D eigenvalue weighted by Gasteiger charge is 2.26. The van der Waals surface area contributed by atoms with E-state index in [2.05, 4.69) is 33.2 Å². The summed E-state index contributed by atoms with van der Waals surface area (Å²) in [7, 11) is 3.70. The van der Waals surface area contributed by atoms with E-state index in [1.54, 1.807) is 13.3 Å². The topological polar surface area (TPSA) is 126 Å². The first-order chi connectivity index (χ1) is 19.8. The molecule has 2 aromatic carbocycles. The number of nitrogens with two attached hydrogens (primary N) is 1. The molecule has 1 aliphatic heterocycles. The van der Waals surface area contributed by atoms with Crippen molar-refractivity contribution in [2.75, 3.05) is 50.6 Å². The molecule has 3 heterocycles. The molecule has 41 heavy (non-hydrogen) atoms. The number of carbonyl (C=O) groups excluding carboxylic acids is 1. The number of anilines is 3. The predicted molar refractivity (Wildman–Crippen MR) is 164 cm³/mol. The molecule has 4 N–H and O–H groups in total. The van der Waals surface area contributed by atoms with Gasteiger partial charge in [-0.3, -0.25) is 9.69 Å². The van der Waals surface area contributed by atoms with Crippen LogP contribution in [0.4, 0.5) is 17.3 Å². The number of nitrogens with zero attached hydrogens (tertiary/aromatic N) is 4. The van der Waals surface area contributed by atoms with Crippen LogP contribution in [0.2, 0.25) is 0 Å². The molecule has 0 aliphatic carbocycles. The van der Waals surface area contributed by atoms with Gasteiger partial charge in [0.05, 0.1) is 35.3 Å². The van der Waals surface area contributed by atoms with Crippen LogP contribution in [0, 0.1) is 0 Å². The van der Waals surface area contributed by atoms with E-state index in [0.29, 0.717) is 33.4 Å². The van der Waals surface area contributed by atoms with Crippen molar-refractivity contribution >= 4 is 44.8 Å². The number of aliphatic hydroxyl groups excluding tert-OH is 1. The molecule has 4 aromatic rings. The molecule has 5 rings (SSSR count). The number of methoxy groups -OCH3 is 1. The maximum absolute atomic E-state index is 12.4. The second kappa shape index (κ2) is 12.3. The molecule has 0 saturated carbocycles. The normalized spacial score (nSPS) is 15.9. The zero-order chi connectivity index (χ0) is 29.1. The number of likely N-dealkylation sites (N-methyl/N-ethyl adjacent to an activating group) is 1. The molecule has 10 nitrogen and oxygen atoms in total. The number of benzene rings is 2. The number of primary amides is 1. The first-order valence-corrected chi connectivity index (χ1v) is 14.5. The van der Waals surface area contributed by atoms with Crippen molar-refractivity contribution in [3.63, 3.8) is 0 Å². The quantitative estimate of drug-likeness (QED) is 0.250. The average Bonchev–Trinajstić information content (AvgIpc) is 3.34. The molecule has 1 aliphatic rings. The fourth-order valence-corrected chi connectivity index (χ4v) is 6.13. The van der Waals surface area contributed by atoms with Gasteiger partial charge in [0.15, 0.2) is 0 Å². The van der Waals surface area contributed by atoms with Crippen molar-refractivity contribution in [2.45, 2.75) is 32.4 Å². The Morgan fingerprint density at radius 2 is 2.02 bits per heavy atom. The lowest BCUT2D eigenvalue weighted by atomic mass is 10.0. The van der Waals surface area contributed by atoms with Crippen molar-refractivity contribution < 1.29 is 19.4 Å². The number of para-hydroxylation sites is 1. The molecular weight excluding hydrogens is 540 g/mol. The summed E-state index contributed by atoms with van der Waals surface area (Å²) in [5, 5.41) is 12.8. The second-order valence-electron chi connectivity index (χ2n) is 10.3. The Hall–Kier alpha value is -3.93. The zero-order valence-corrected chi connectivity index (χ0v) is 24.6. The fraction of sp³-hybridized carbons (Fsp3) is 0.367. The van der Waals surface area contributed by atoms with E-state index in [1.807, 2.05) is 50.2 Å². The standard InChI is InChI=1S/C30H36N6O4S/c1-18(2)40-24-15-19(36-13-12-35(3)20(17-36)11-14-37)9-10-22(24)33-30-32-16-25-27(34-30)26(28(41-25)29(31)38)21-7-5-6-8-23(21)39-4/h5-10,15-16,18,20,37H,11-14,17H2,1-4H3,(H2,31,38)(H,32,33,34). The maximum atomic E-state index is 12.4. The number of ether oxygens (including phenoxy) is 2. The molecule has 11 heteroatoms. The van der Waals surface area contributed by atoms with Gasteiger partial charge in [-0.15, -0.1) is 11.3 Å². The molecule has 0 spiro atoms. The van der Waals surface area contributed by atoms with Crippen molar-refractivity contribution in [1.82, 2.24) is 14.9 Å².